The van der Waals surface area contributed by atoms with E-state index in [4.69, 9.17) is 4.74 Å². The molecule has 0 amide bonds. The molecule has 0 radical (unpaired) electrons. The van der Waals surface area contributed by atoms with Crippen LogP contribution >= 0.6 is 0 Å². The third kappa shape index (κ3) is 3.87. The van der Waals surface area contributed by atoms with E-state index in [0.29, 0.717) is 11.4 Å². The lowest BCUT2D eigenvalue weighted by atomic mass is 10.1. The summed E-state index contributed by atoms with van der Waals surface area (Å²) in [5.74, 6) is 0.811. The van der Waals surface area contributed by atoms with E-state index >= 15 is 0 Å². The van der Waals surface area contributed by atoms with E-state index in [1.165, 1.54) is 0 Å². The van der Waals surface area contributed by atoms with Crippen LogP contribution < -0.4 is 9.46 Å². The monoisotopic (exact) mass is 386 g/mol. The van der Waals surface area contributed by atoms with Crippen molar-refractivity contribution in [1.82, 2.24) is 9.29 Å². The normalized spacial score (nSPS) is 13.1. The minimum Gasteiger partial charge on any atom is -0.496 e. The number of hydrogen-bond donors (Lipinski definition) is 1. The van der Waals surface area contributed by atoms with Crippen LogP contribution in [0.15, 0.2) is 47.5 Å². The fourth-order valence-electron chi connectivity index (χ4n) is 3.78. The Kier molecular flexibility index (Phi) is 5.31. The fourth-order valence-corrected chi connectivity index (χ4v) is 5.47. The van der Waals surface area contributed by atoms with E-state index in [9.17, 15) is 8.42 Å². The Morgan fingerprint density at radius 3 is 2.41 bits per heavy atom. The van der Waals surface area contributed by atoms with Crippen LogP contribution in [0.25, 0.3) is 10.9 Å². The Labute approximate surface area is 161 Å². The van der Waals surface area contributed by atoms with Crippen LogP contribution in [0.2, 0.25) is 0 Å². The molecule has 0 saturated heterocycles. The second kappa shape index (κ2) is 7.37. The number of aryl methyl sites for hydroxylation is 3. The molecule has 0 saturated carbocycles. The lowest BCUT2D eigenvalue weighted by molar-refractivity contribution is 0.420. The van der Waals surface area contributed by atoms with Gasteiger partial charge in [0.2, 0.25) is 10.0 Å². The zero-order chi connectivity index (χ0) is 19.8. The lowest BCUT2D eigenvalue weighted by Crippen LogP contribution is -2.36. The molecule has 0 fully saturated rings. The summed E-state index contributed by atoms with van der Waals surface area (Å²) in [6, 6.07) is 11.4. The van der Waals surface area contributed by atoms with E-state index in [1.807, 2.05) is 74.9 Å². The van der Waals surface area contributed by atoms with Crippen LogP contribution in [0.3, 0.4) is 0 Å². The summed E-state index contributed by atoms with van der Waals surface area (Å²) in [6.45, 7) is 8.05. The van der Waals surface area contributed by atoms with Crippen molar-refractivity contribution < 1.29 is 13.2 Å². The van der Waals surface area contributed by atoms with Crippen LogP contribution in [0.4, 0.5) is 0 Å². The number of sulfonamides is 1. The van der Waals surface area contributed by atoms with Gasteiger partial charge < -0.3 is 9.30 Å². The van der Waals surface area contributed by atoms with Gasteiger partial charge in [0.05, 0.1) is 17.5 Å². The summed E-state index contributed by atoms with van der Waals surface area (Å²) in [5, 5.41) is 1.01. The number of hydrogen-bond acceptors (Lipinski definition) is 3. The molecule has 0 bridgehead atoms. The summed E-state index contributed by atoms with van der Waals surface area (Å²) < 4.78 is 36.2. The molecule has 1 heterocycles. The Balaban J connectivity index is 1.85. The summed E-state index contributed by atoms with van der Waals surface area (Å²) in [5.41, 5.74) is 3.61. The Bertz CT molecular complexity index is 1060. The minimum absolute atomic E-state index is 0.267. The quantitative estimate of drug-likeness (QED) is 0.698. The van der Waals surface area contributed by atoms with E-state index in [1.54, 1.807) is 7.11 Å². The van der Waals surface area contributed by atoms with Crippen molar-refractivity contribution in [1.29, 1.82) is 0 Å². The second-order valence-electron chi connectivity index (χ2n) is 7.11. The van der Waals surface area contributed by atoms with Crippen molar-refractivity contribution in [2.24, 2.45) is 0 Å². The minimum atomic E-state index is -3.59. The van der Waals surface area contributed by atoms with Gasteiger partial charge in [-0.2, -0.15) is 0 Å². The van der Waals surface area contributed by atoms with Gasteiger partial charge in [-0.1, -0.05) is 23.8 Å². The first-order valence-corrected chi connectivity index (χ1v) is 10.4. The Morgan fingerprint density at radius 1 is 1.11 bits per heavy atom. The molecule has 144 valence electrons. The van der Waals surface area contributed by atoms with Crippen LogP contribution in [0, 0.1) is 20.8 Å². The highest BCUT2D eigenvalue weighted by Crippen LogP contribution is 2.27. The maximum Gasteiger partial charge on any atom is 0.241 e. The zero-order valence-electron chi connectivity index (χ0n) is 16.4. The zero-order valence-corrected chi connectivity index (χ0v) is 17.2. The standard InChI is InChI=1S/C21H26N2O3S/c1-14-11-15(2)21(16(3)12-14)27(24,25)22-17(4)13-23-10-9-18-19(23)7-6-8-20(18)26-5/h6-12,17,22H,13H2,1-5H3. The molecule has 1 N–H and O–H groups in total. The second-order valence-corrected chi connectivity index (χ2v) is 8.76. The summed E-state index contributed by atoms with van der Waals surface area (Å²) in [7, 11) is -1.95. The van der Waals surface area contributed by atoms with Crippen molar-refractivity contribution >= 4 is 20.9 Å². The summed E-state index contributed by atoms with van der Waals surface area (Å²) in [6.07, 6.45) is 1.96. The third-order valence-electron chi connectivity index (χ3n) is 4.69. The van der Waals surface area contributed by atoms with Gasteiger partial charge in [0.25, 0.3) is 0 Å². The van der Waals surface area contributed by atoms with Gasteiger partial charge in [-0.15, -0.1) is 0 Å². The smallest absolute Gasteiger partial charge is 0.241 e. The molecule has 2 aromatic carbocycles. The predicted molar refractivity (Wildman–Crippen MR) is 109 cm³/mol. The average molecular weight is 387 g/mol. The van der Waals surface area contributed by atoms with Gasteiger partial charge in [0, 0.05) is 24.2 Å². The number of fused-ring (bicyclic) bond motifs is 1. The highest BCUT2D eigenvalue weighted by molar-refractivity contribution is 7.89. The molecule has 5 nitrogen and oxygen atoms in total. The maximum atomic E-state index is 12.9. The fraction of sp³-hybridized carbons (Fsp3) is 0.333. The van der Waals surface area contributed by atoms with E-state index in [2.05, 4.69) is 4.72 Å². The van der Waals surface area contributed by atoms with E-state index < -0.39 is 10.0 Å². The van der Waals surface area contributed by atoms with Gasteiger partial charge in [-0.05, 0) is 57.0 Å². The van der Waals surface area contributed by atoms with Crippen LogP contribution in [0.5, 0.6) is 5.75 Å². The number of ether oxygens (including phenoxy) is 1. The highest BCUT2D eigenvalue weighted by atomic mass is 32.2. The number of nitrogens with zero attached hydrogens (tertiary/aromatic N) is 1. The molecular weight excluding hydrogens is 360 g/mol. The van der Waals surface area contributed by atoms with Crippen molar-refractivity contribution in [3.05, 3.63) is 59.3 Å². The molecule has 3 rings (SSSR count). The van der Waals surface area contributed by atoms with Crippen molar-refractivity contribution in [2.75, 3.05) is 7.11 Å². The molecule has 1 atom stereocenters. The van der Waals surface area contributed by atoms with Gasteiger partial charge in [0.1, 0.15) is 5.75 Å². The summed E-state index contributed by atoms with van der Waals surface area (Å²) in [4.78, 5) is 0.374. The third-order valence-corrected chi connectivity index (χ3v) is 6.59. The molecule has 0 aliphatic carbocycles. The van der Waals surface area contributed by atoms with Gasteiger partial charge in [0.15, 0.2) is 0 Å². The first-order chi connectivity index (χ1) is 12.7. The van der Waals surface area contributed by atoms with E-state index in [-0.39, 0.29) is 6.04 Å². The number of aromatic nitrogens is 1. The maximum absolute atomic E-state index is 12.9. The van der Waals surface area contributed by atoms with Crippen LogP contribution in [-0.2, 0) is 16.6 Å². The number of methoxy groups -OCH3 is 1. The highest BCUT2D eigenvalue weighted by Gasteiger charge is 2.22. The van der Waals surface area contributed by atoms with Gasteiger partial charge >= 0.3 is 0 Å². The van der Waals surface area contributed by atoms with Crippen molar-refractivity contribution in [3.8, 4) is 5.75 Å². The SMILES string of the molecule is COc1cccc2c1ccn2CC(C)NS(=O)(=O)c1c(C)cc(C)cc1C. The van der Waals surface area contributed by atoms with Crippen LogP contribution in [-0.4, -0.2) is 26.1 Å². The number of nitrogens with one attached hydrogen (secondary N) is 1. The van der Waals surface area contributed by atoms with Crippen molar-refractivity contribution in [3.63, 3.8) is 0 Å². The largest absolute Gasteiger partial charge is 0.496 e. The molecule has 0 aliphatic rings. The molecule has 3 aromatic rings. The van der Waals surface area contributed by atoms with Crippen molar-refractivity contribution in [2.45, 2.75) is 45.2 Å². The molecule has 0 spiro atoms. The average Bonchev–Trinajstić information content (AvgIpc) is 2.95. The Hall–Kier alpha value is -2.31. The molecule has 1 unspecified atom stereocenters. The molecule has 27 heavy (non-hydrogen) atoms. The lowest BCUT2D eigenvalue weighted by Gasteiger charge is -2.18. The van der Waals surface area contributed by atoms with Crippen LogP contribution in [0.1, 0.15) is 23.6 Å². The number of rotatable bonds is 6. The van der Waals surface area contributed by atoms with Gasteiger partial charge in [-0.3, -0.25) is 0 Å². The predicted octanol–water partition coefficient (Wildman–Crippen LogP) is 3.94. The van der Waals surface area contributed by atoms with Gasteiger partial charge in [-0.25, -0.2) is 13.1 Å². The first kappa shape index (κ1) is 19.5. The summed E-state index contributed by atoms with van der Waals surface area (Å²) >= 11 is 0. The molecule has 1 aromatic heterocycles. The number of benzene rings is 2. The topological polar surface area (TPSA) is 60.3 Å². The first-order valence-electron chi connectivity index (χ1n) is 8.95. The molecule has 6 heteroatoms. The molecular formula is C21H26N2O3S. The molecule has 0 aliphatic heterocycles. The Morgan fingerprint density at radius 2 is 1.78 bits per heavy atom. The van der Waals surface area contributed by atoms with E-state index in [0.717, 1.165) is 33.3 Å².